The van der Waals surface area contributed by atoms with Gasteiger partial charge in [-0.3, -0.25) is 4.79 Å². The van der Waals surface area contributed by atoms with Gasteiger partial charge in [-0.1, -0.05) is 35.3 Å². The van der Waals surface area contributed by atoms with E-state index in [0.29, 0.717) is 27.8 Å². The number of esters is 1. The fraction of sp³-hybridized carbons (Fsp3) is 0.222. The molecule has 0 aromatic heterocycles. The maximum Gasteiger partial charge on any atom is 0.340 e. The highest BCUT2D eigenvalue weighted by Crippen LogP contribution is 2.22. The van der Waals surface area contributed by atoms with Crippen LogP contribution in [0.3, 0.4) is 0 Å². The second-order valence-electron chi connectivity index (χ2n) is 5.15. The molecule has 25 heavy (non-hydrogen) atoms. The Bertz CT molecular complexity index is 745. The van der Waals surface area contributed by atoms with Crippen LogP contribution >= 0.6 is 23.2 Å². The van der Waals surface area contributed by atoms with Crippen molar-refractivity contribution < 1.29 is 14.3 Å². The fourth-order valence-electron chi connectivity index (χ4n) is 2.17. The number of carbonyl (C=O) groups is 2. The summed E-state index contributed by atoms with van der Waals surface area (Å²) in [6.45, 7) is 2.39. The van der Waals surface area contributed by atoms with Crippen molar-refractivity contribution in [2.75, 3.05) is 23.8 Å². The van der Waals surface area contributed by atoms with Gasteiger partial charge in [-0.05, 0) is 37.3 Å². The summed E-state index contributed by atoms with van der Waals surface area (Å²) < 4.78 is 4.98. The maximum atomic E-state index is 12.1. The molecule has 7 heteroatoms. The number of anilines is 2. The van der Waals surface area contributed by atoms with Crippen LogP contribution in [0.5, 0.6) is 0 Å². The number of halogens is 2. The highest BCUT2D eigenvalue weighted by Gasteiger charge is 2.13. The van der Waals surface area contributed by atoms with Crippen LogP contribution in [0.1, 0.15) is 23.7 Å². The van der Waals surface area contributed by atoms with Gasteiger partial charge in [0.15, 0.2) is 0 Å². The molecule has 2 aromatic carbocycles. The maximum absolute atomic E-state index is 12.1. The molecule has 2 rings (SSSR count). The summed E-state index contributed by atoms with van der Waals surface area (Å²) in [6.07, 6.45) is 0.210. The monoisotopic (exact) mass is 380 g/mol. The van der Waals surface area contributed by atoms with Crippen LogP contribution in [-0.2, 0) is 9.53 Å². The Morgan fingerprint density at radius 2 is 1.76 bits per heavy atom. The second-order valence-corrected chi connectivity index (χ2v) is 6.02. The highest BCUT2D eigenvalue weighted by atomic mass is 35.5. The Kier molecular flexibility index (Phi) is 7.10. The number of rotatable bonds is 7. The number of ether oxygens (including phenoxy) is 1. The zero-order valence-corrected chi connectivity index (χ0v) is 15.2. The Balaban J connectivity index is 1.91. The third-order valence-corrected chi connectivity index (χ3v) is 3.68. The summed E-state index contributed by atoms with van der Waals surface area (Å²) in [5.74, 6) is -0.692. The van der Waals surface area contributed by atoms with Crippen LogP contribution in [0.4, 0.5) is 11.4 Å². The Hall–Kier alpha value is -2.24. The van der Waals surface area contributed by atoms with E-state index in [0.717, 1.165) is 5.69 Å². The van der Waals surface area contributed by atoms with Crippen molar-refractivity contribution in [1.29, 1.82) is 0 Å². The lowest BCUT2D eigenvalue weighted by molar-refractivity contribution is -0.115. The van der Waals surface area contributed by atoms with Gasteiger partial charge in [-0.25, -0.2) is 4.79 Å². The molecule has 2 N–H and O–H groups in total. The number of para-hydroxylation sites is 1. The van der Waals surface area contributed by atoms with Crippen molar-refractivity contribution >= 4 is 46.5 Å². The highest BCUT2D eigenvalue weighted by molar-refractivity contribution is 6.35. The van der Waals surface area contributed by atoms with E-state index in [-0.39, 0.29) is 18.9 Å². The molecule has 0 heterocycles. The molecule has 0 fully saturated rings. The number of nitrogens with one attached hydrogen (secondary N) is 2. The van der Waals surface area contributed by atoms with Gasteiger partial charge in [0.2, 0.25) is 5.91 Å². The SMILES string of the molecule is CCOC(=O)c1ccccc1NC(=O)CCNc1cc(Cl)cc(Cl)c1. The van der Waals surface area contributed by atoms with E-state index in [2.05, 4.69) is 10.6 Å². The largest absolute Gasteiger partial charge is 0.462 e. The van der Waals surface area contributed by atoms with E-state index >= 15 is 0 Å². The summed E-state index contributed by atoms with van der Waals surface area (Å²) in [7, 11) is 0. The predicted molar refractivity (Wildman–Crippen MR) is 101 cm³/mol. The standard InChI is InChI=1S/C18H18Cl2N2O3/c1-2-25-18(24)15-5-3-4-6-16(15)22-17(23)7-8-21-14-10-12(19)9-13(20)11-14/h3-6,9-11,21H,2,7-8H2,1H3,(H,22,23). The first-order valence-electron chi connectivity index (χ1n) is 7.75. The van der Waals surface area contributed by atoms with Crippen LogP contribution in [0, 0.1) is 0 Å². The van der Waals surface area contributed by atoms with Crippen LogP contribution in [-0.4, -0.2) is 25.0 Å². The van der Waals surface area contributed by atoms with Crippen molar-refractivity contribution in [3.8, 4) is 0 Å². The van der Waals surface area contributed by atoms with E-state index in [1.54, 1.807) is 49.4 Å². The van der Waals surface area contributed by atoms with Crippen LogP contribution < -0.4 is 10.6 Å². The van der Waals surface area contributed by atoms with Gasteiger partial charge in [0.25, 0.3) is 0 Å². The first-order chi connectivity index (χ1) is 12.0. The average Bonchev–Trinajstić information content (AvgIpc) is 2.54. The summed E-state index contributed by atoms with van der Waals surface area (Å²) in [6, 6.07) is 11.8. The second kappa shape index (κ2) is 9.30. The van der Waals surface area contributed by atoms with Crippen molar-refractivity contribution in [2.24, 2.45) is 0 Å². The van der Waals surface area contributed by atoms with Gasteiger partial charge < -0.3 is 15.4 Å². The van der Waals surface area contributed by atoms with Crippen LogP contribution in [0.2, 0.25) is 10.0 Å². The molecule has 0 bridgehead atoms. The third-order valence-electron chi connectivity index (χ3n) is 3.24. The summed E-state index contributed by atoms with van der Waals surface area (Å²) in [5, 5.41) is 6.84. The normalized spacial score (nSPS) is 10.2. The smallest absolute Gasteiger partial charge is 0.340 e. The molecule has 1 amide bonds. The van der Waals surface area contributed by atoms with Gasteiger partial charge in [-0.2, -0.15) is 0 Å². The van der Waals surface area contributed by atoms with Crippen molar-refractivity contribution in [3.05, 3.63) is 58.1 Å². The molecule has 0 atom stereocenters. The topological polar surface area (TPSA) is 67.4 Å². The van der Waals surface area contributed by atoms with Gasteiger partial charge in [0.05, 0.1) is 17.9 Å². The number of carbonyl (C=O) groups excluding carboxylic acids is 2. The summed E-state index contributed by atoms with van der Waals surface area (Å²) in [5.41, 5.74) is 1.49. The molecule has 132 valence electrons. The molecule has 0 aliphatic carbocycles. The molecule has 0 aliphatic heterocycles. The van der Waals surface area contributed by atoms with Crippen molar-refractivity contribution in [2.45, 2.75) is 13.3 Å². The molecule has 0 aliphatic rings. The zero-order valence-electron chi connectivity index (χ0n) is 13.6. The number of hydrogen-bond acceptors (Lipinski definition) is 4. The van der Waals surface area contributed by atoms with Crippen LogP contribution in [0.15, 0.2) is 42.5 Å². The quantitative estimate of drug-likeness (QED) is 0.688. The molecule has 0 radical (unpaired) electrons. The van der Waals surface area contributed by atoms with Gasteiger partial charge in [0.1, 0.15) is 0 Å². The fourth-order valence-corrected chi connectivity index (χ4v) is 2.69. The Morgan fingerprint density at radius 3 is 2.44 bits per heavy atom. The minimum absolute atomic E-state index is 0.210. The molecule has 5 nitrogen and oxygen atoms in total. The minimum Gasteiger partial charge on any atom is -0.462 e. The van der Waals surface area contributed by atoms with Gasteiger partial charge in [-0.15, -0.1) is 0 Å². The first kappa shape index (κ1) is 19.1. The molecular weight excluding hydrogens is 363 g/mol. The molecule has 0 saturated heterocycles. The molecule has 2 aromatic rings. The van der Waals surface area contributed by atoms with E-state index in [1.807, 2.05) is 0 Å². The van der Waals surface area contributed by atoms with Crippen molar-refractivity contribution in [3.63, 3.8) is 0 Å². The van der Waals surface area contributed by atoms with E-state index in [1.165, 1.54) is 0 Å². The number of amides is 1. The van der Waals surface area contributed by atoms with Crippen molar-refractivity contribution in [1.82, 2.24) is 0 Å². The number of benzene rings is 2. The zero-order chi connectivity index (χ0) is 18.2. The molecule has 0 saturated carbocycles. The lowest BCUT2D eigenvalue weighted by Crippen LogP contribution is -2.18. The van der Waals surface area contributed by atoms with Crippen LogP contribution in [0.25, 0.3) is 0 Å². The summed E-state index contributed by atoms with van der Waals surface area (Å²) in [4.78, 5) is 24.0. The first-order valence-corrected chi connectivity index (χ1v) is 8.51. The average molecular weight is 381 g/mol. The summed E-state index contributed by atoms with van der Waals surface area (Å²) >= 11 is 11.8. The number of hydrogen-bond donors (Lipinski definition) is 2. The third kappa shape index (κ3) is 5.96. The molecule has 0 unspecified atom stereocenters. The lowest BCUT2D eigenvalue weighted by Gasteiger charge is -2.11. The minimum atomic E-state index is -0.468. The van der Waals surface area contributed by atoms with Gasteiger partial charge in [0, 0.05) is 28.7 Å². The Morgan fingerprint density at radius 1 is 1.08 bits per heavy atom. The molecule has 0 spiro atoms. The predicted octanol–water partition coefficient (Wildman–Crippen LogP) is 4.61. The van der Waals surface area contributed by atoms with E-state index in [9.17, 15) is 9.59 Å². The van der Waals surface area contributed by atoms with Gasteiger partial charge >= 0.3 is 5.97 Å². The Labute approximate surface area is 156 Å². The lowest BCUT2D eigenvalue weighted by atomic mass is 10.1. The molecular formula is C18H18Cl2N2O3. The van der Waals surface area contributed by atoms with E-state index in [4.69, 9.17) is 27.9 Å². The van der Waals surface area contributed by atoms with E-state index < -0.39 is 5.97 Å².